The molecular formula is C21H13NO3. The molecule has 2 aliphatic carbocycles. The van der Waals surface area contributed by atoms with Crippen molar-refractivity contribution >= 4 is 27.9 Å². The lowest BCUT2D eigenvalue weighted by Crippen LogP contribution is -2.29. The zero-order chi connectivity index (χ0) is 17.3. The van der Waals surface area contributed by atoms with Gasteiger partial charge in [-0.05, 0) is 28.2 Å². The molecule has 0 saturated carbocycles. The predicted octanol–water partition coefficient (Wildman–Crippen LogP) is 3.10. The minimum absolute atomic E-state index is 0.0543. The van der Waals surface area contributed by atoms with Crippen molar-refractivity contribution in [2.75, 3.05) is 0 Å². The number of aromatic hydroxyl groups is 1. The van der Waals surface area contributed by atoms with Crippen LogP contribution in [0.4, 0.5) is 0 Å². The van der Waals surface area contributed by atoms with Gasteiger partial charge in [0, 0.05) is 16.5 Å². The van der Waals surface area contributed by atoms with Crippen LogP contribution in [0.15, 0.2) is 54.6 Å². The van der Waals surface area contributed by atoms with Crippen LogP contribution in [0.25, 0.3) is 16.3 Å². The van der Waals surface area contributed by atoms with Gasteiger partial charge in [0.2, 0.25) is 0 Å². The average molecular weight is 327 g/mol. The number of phenolic OH excluding ortho intramolecular Hbond substituents is 1. The number of phenols is 1. The van der Waals surface area contributed by atoms with E-state index < -0.39 is 6.04 Å². The molecule has 1 atom stereocenters. The fraction of sp³-hybridized carbons (Fsp3) is 0.0476. The summed E-state index contributed by atoms with van der Waals surface area (Å²) in [4.78, 5) is 25.6. The van der Waals surface area contributed by atoms with Gasteiger partial charge in [-0.15, -0.1) is 0 Å². The number of rotatable bonds is 0. The molecule has 0 aliphatic heterocycles. The molecule has 5 rings (SSSR count). The van der Waals surface area contributed by atoms with E-state index in [2.05, 4.69) is 0 Å². The summed E-state index contributed by atoms with van der Waals surface area (Å²) in [5.41, 5.74) is 9.49. The molecule has 4 heteroatoms. The Hall–Kier alpha value is -3.24. The number of benzene rings is 3. The molecule has 3 N–H and O–H groups in total. The van der Waals surface area contributed by atoms with E-state index in [1.807, 2.05) is 24.3 Å². The Kier molecular flexibility index (Phi) is 2.63. The van der Waals surface area contributed by atoms with Gasteiger partial charge >= 0.3 is 0 Å². The molecule has 0 bridgehead atoms. The van der Waals surface area contributed by atoms with E-state index in [0.717, 1.165) is 0 Å². The predicted molar refractivity (Wildman–Crippen MR) is 94.5 cm³/mol. The van der Waals surface area contributed by atoms with Crippen molar-refractivity contribution in [1.29, 1.82) is 0 Å². The Labute approximate surface area is 143 Å². The van der Waals surface area contributed by atoms with Crippen LogP contribution in [0, 0.1) is 0 Å². The number of hydrogen-bond donors (Lipinski definition) is 2. The third kappa shape index (κ3) is 1.64. The maximum Gasteiger partial charge on any atom is 0.198 e. The summed E-state index contributed by atoms with van der Waals surface area (Å²) >= 11 is 0. The van der Waals surface area contributed by atoms with Crippen molar-refractivity contribution in [3.63, 3.8) is 0 Å². The van der Waals surface area contributed by atoms with Crippen LogP contribution in [0.5, 0.6) is 5.75 Å². The number of nitrogens with two attached hydrogens (primary N) is 1. The van der Waals surface area contributed by atoms with Crippen LogP contribution in [-0.2, 0) is 4.79 Å². The highest BCUT2D eigenvalue weighted by molar-refractivity contribution is 6.26. The molecule has 120 valence electrons. The molecule has 0 unspecified atom stereocenters. The molecule has 0 aromatic heterocycles. The maximum atomic E-state index is 13.1. The van der Waals surface area contributed by atoms with Crippen LogP contribution in [0.2, 0.25) is 0 Å². The lowest BCUT2D eigenvalue weighted by Gasteiger charge is -2.31. The zero-order valence-corrected chi connectivity index (χ0v) is 13.1. The number of carbonyl (C=O) groups excluding carboxylic acids is 2. The van der Waals surface area contributed by atoms with E-state index in [9.17, 15) is 14.7 Å². The maximum absolute atomic E-state index is 13.1. The molecule has 2 aliphatic rings. The zero-order valence-electron chi connectivity index (χ0n) is 13.1. The van der Waals surface area contributed by atoms with E-state index in [4.69, 9.17) is 5.73 Å². The van der Waals surface area contributed by atoms with Gasteiger partial charge in [-0.3, -0.25) is 9.59 Å². The van der Waals surface area contributed by atoms with Crippen LogP contribution in [0.1, 0.15) is 38.7 Å². The first kappa shape index (κ1) is 14.1. The topological polar surface area (TPSA) is 80.4 Å². The molecule has 4 nitrogen and oxygen atoms in total. The summed E-state index contributed by atoms with van der Waals surface area (Å²) in [6.45, 7) is 0. The lowest BCUT2D eigenvalue weighted by molar-refractivity contribution is -0.115. The fourth-order valence-electron chi connectivity index (χ4n) is 3.98. The van der Waals surface area contributed by atoms with Crippen LogP contribution in [-0.4, -0.2) is 16.7 Å². The average Bonchev–Trinajstić information content (AvgIpc) is 2.64. The number of hydrogen-bond acceptors (Lipinski definition) is 4. The molecule has 0 radical (unpaired) electrons. The van der Waals surface area contributed by atoms with Crippen molar-refractivity contribution in [3.8, 4) is 5.75 Å². The van der Waals surface area contributed by atoms with Gasteiger partial charge in [-0.25, -0.2) is 0 Å². The van der Waals surface area contributed by atoms with E-state index in [-0.39, 0.29) is 22.9 Å². The SMILES string of the molecule is N[C@H]1C(=O)C=C2c3ccccc3C(=O)c3c2c1c1ccccc1c3O. The van der Waals surface area contributed by atoms with E-state index >= 15 is 0 Å². The van der Waals surface area contributed by atoms with Gasteiger partial charge < -0.3 is 10.8 Å². The standard InChI is InChI=1S/C21H13NO3/c22-19-15(23)9-14-10-5-1-3-7-12(10)20(24)18-16(14)17(19)11-6-2-4-8-13(11)21(18)25/h1-9,19,25H,22H2/t19-/m0/s1. The third-order valence-corrected chi connectivity index (χ3v) is 5.09. The Morgan fingerprint density at radius 1 is 0.840 bits per heavy atom. The van der Waals surface area contributed by atoms with Crippen molar-refractivity contribution in [3.05, 3.63) is 82.4 Å². The van der Waals surface area contributed by atoms with Crippen molar-refractivity contribution in [1.82, 2.24) is 0 Å². The monoisotopic (exact) mass is 327 g/mol. The lowest BCUT2D eigenvalue weighted by atomic mass is 9.72. The molecule has 0 saturated heterocycles. The quantitative estimate of drug-likeness (QED) is 0.520. The minimum Gasteiger partial charge on any atom is -0.507 e. The second-order valence-corrected chi connectivity index (χ2v) is 6.37. The number of ketones is 2. The summed E-state index contributed by atoms with van der Waals surface area (Å²) in [5, 5.41) is 12.1. The second-order valence-electron chi connectivity index (χ2n) is 6.37. The largest absolute Gasteiger partial charge is 0.507 e. The van der Waals surface area contributed by atoms with Crippen LogP contribution in [0.3, 0.4) is 0 Å². The third-order valence-electron chi connectivity index (χ3n) is 5.09. The summed E-state index contributed by atoms with van der Waals surface area (Å²) in [7, 11) is 0. The summed E-state index contributed by atoms with van der Waals surface area (Å²) < 4.78 is 0. The minimum atomic E-state index is -0.846. The Balaban J connectivity index is 2.05. The summed E-state index contributed by atoms with van der Waals surface area (Å²) in [6, 6.07) is 13.5. The Bertz CT molecular complexity index is 1160. The smallest absolute Gasteiger partial charge is 0.198 e. The molecule has 25 heavy (non-hydrogen) atoms. The van der Waals surface area contributed by atoms with E-state index in [1.54, 1.807) is 24.3 Å². The van der Waals surface area contributed by atoms with E-state index in [0.29, 0.717) is 38.6 Å². The first-order valence-corrected chi connectivity index (χ1v) is 8.02. The molecule has 3 aromatic carbocycles. The molecule has 0 fully saturated rings. The number of fused-ring (bicyclic) bond motifs is 4. The normalized spacial score (nSPS) is 18.0. The van der Waals surface area contributed by atoms with Gasteiger partial charge in [0.15, 0.2) is 11.6 Å². The fourth-order valence-corrected chi connectivity index (χ4v) is 3.98. The van der Waals surface area contributed by atoms with Gasteiger partial charge in [0.25, 0.3) is 0 Å². The highest BCUT2D eigenvalue weighted by Crippen LogP contribution is 2.49. The molecular weight excluding hydrogens is 314 g/mol. The summed E-state index contributed by atoms with van der Waals surface area (Å²) in [5.74, 6) is -0.497. The molecule has 0 heterocycles. The second kappa shape index (κ2) is 4.65. The molecule has 0 spiro atoms. The van der Waals surface area contributed by atoms with Crippen molar-refractivity contribution in [2.45, 2.75) is 6.04 Å². The molecule has 0 amide bonds. The highest BCUT2D eigenvalue weighted by atomic mass is 16.3. The van der Waals surface area contributed by atoms with Crippen molar-refractivity contribution < 1.29 is 14.7 Å². The van der Waals surface area contributed by atoms with Crippen molar-refractivity contribution in [2.24, 2.45) is 5.73 Å². The number of carbonyl (C=O) groups is 2. The first-order chi connectivity index (χ1) is 12.1. The van der Waals surface area contributed by atoms with Gasteiger partial charge in [0.1, 0.15) is 5.75 Å². The van der Waals surface area contributed by atoms with Crippen LogP contribution >= 0.6 is 0 Å². The first-order valence-electron chi connectivity index (χ1n) is 8.02. The van der Waals surface area contributed by atoms with Gasteiger partial charge in [0.05, 0.1) is 11.6 Å². The van der Waals surface area contributed by atoms with Gasteiger partial charge in [-0.1, -0.05) is 48.5 Å². The Morgan fingerprint density at radius 2 is 1.48 bits per heavy atom. The highest BCUT2D eigenvalue weighted by Gasteiger charge is 2.38. The molecule has 3 aromatic rings. The Morgan fingerprint density at radius 3 is 2.24 bits per heavy atom. The van der Waals surface area contributed by atoms with Gasteiger partial charge in [-0.2, -0.15) is 0 Å². The van der Waals surface area contributed by atoms with E-state index in [1.165, 1.54) is 6.08 Å². The van der Waals surface area contributed by atoms with Crippen LogP contribution < -0.4 is 5.73 Å². The summed E-state index contributed by atoms with van der Waals surface area (Å²) in [6.07, 6.45) is 1.50.